The van der Waals surface area contributed by atoms with Crippen LogP contribution in [-0.2, 0) is 4.74 Å². The van der Waals surface area contributed by atoms with Crippen molar-refractivity contribution in [2.24, 2.45) is 0 Å². The Kier molecular flexibility index (Phi) is 8.40. The summed E-state index contributed by atoms with van der Waals surface area (Å²) in [5, 5.41) is 0. The van der Waals surface area contributed by atoms with Crippen molar-refractivity contribution in [3.8, 4) is 0 Å². The lowest BCUT2D eigenvalue weighted by Crippen LogP contribution is -1.94. The number of halogens is 1. The molecule has 0 aliphatic heterocycles. The first-order valence-corrected chi connectivity index (χ1v) is 6.30. The molecule has 0 aromatic rings. The smallest absolute Gasteiger partial charge is 0.125 e. The van der Waals surface area contributed by atoms with Crippen molar-refractivity contribution >= 4 is 19.9 Å². The minimum atomic E-state index is -0.254. The predicted octanol–water partition coefficient (Wildman–Crippen LogP) is 1.32. The molecule has 0 heterocycles. The second-order valence-electron chi connectivity index (χ2n) is 1.76. The highest BCUT2D eigenvalue weighted by atomic mass is 35.6. The Hall–Kier alpha value is 0.207. The molecule has 0 saturated carbocycles. The Bertz CT molecular complexity index is 68.1. The summed E-state index contributed by atoms with van der Waals surface area (Å²) in [4.78, 5) is 0. The summed E-state index contributed by atoms with van der Waals surface area (Å²) in [7, 11) is -0.254. The Morgan fingerprint density at radius 3 is 3.00 bits per heavy atom. The van der Waals surface area contributed by atoms with Crippen LogP contribution < -0.4 is 0 Å². The standard InChI is InChI=1S/C6H13ClOSi/c1-2-4-8-5-3-6-9-7/h2H,1,3-6,9H2. The highest BCUT2D eigenvalue weighted by molar-refractivity contribution is 6.93. The van der Waals surface area contributed by atoms with Gasteiger partial charge in [0, 0.05) is 6.61 Å². The molecule has 0 amide bonds. The van der Waals surface area contributed by atoms with E-state index in [4.69, 9.17) is 15.8 Å². The zero-order valence-corrected chi connectivity index (χ0v) is 7.78. The van der Waals surface area contributed by atoms with Gasteiger partial charge in [-0.25, -0.2) is 0 Å². The van der Waals surface area contributed by atoms with Gasteiger partial charge >= 0.3 is 0 Å². The summed E-state index contributed by atoms with van der Waals surface area (Å²) in [5.74, 6) is 0. The van der Waals surface area contributed by atoms with Crippen LogP contribution in [0.1, 0.15) is 6.42 Å². The van der Waals surface area contributed by atoms with Gasteiger partial charge in [0.1, 0.15) is 8.83 Å². The van der Waals surface area contributed by atoms with Gasteiger partial charge in [-0.1, -0.05) is 6.08 Å². The van der Waals surface area contributed by atoms with Gasteiger partial charge in [0.15, 0.2) is 0 Å². The molecule has 0 N–H and O–H groups in total. The van der Waals surface area contributed by atoms with E-state index in [0.29, 0.717) is 6.61 Å². The van der Waals surface area contributed by atoms with Crippen molar-refractivity contribution in [1.29, 1.82) is 0 Å². The molecule has 0 aromatic heterocycles. The lowest BCUT2D eigenvalue weighted by atomic mass is 10.5. The summed E-state index contributed by atoms with van der Waals surface area (Å²) >= 11 is 5.58. The van der Waals surface area contributed by atoms with Crippen molar-refractivity contribution in [2.45, 2.75) is 12.5 Å². The van der Waals surface area contributed by atoms with E-state index in [2.05, 4.69) is 6.58 Å². The maximum absolute atomic E-state index is 5.58. The van der Waals surface area contributed by atoms with Crippen molar-refractivity contribution in [1.82, 2.24) is 0 Å². The first-order chi connectivity index (χ1) is 4.41. The van der Waals surface area contributed by atoms with Gasteiger partial charge < -0.3 is 4.74 Å². The van der Waals surface area contributed by atoms with Gasteiger partial charge in [0.25, 0.3) is 0 Å². The molecule has 9 heavy (non-hydrogen) atoms. The highest BCUT2D eigenvalue weighted by Gasteiger charge is 1.85. The van der Waals surface area contributed by atoms with Crippen LogP contribution in [0.4, 0.5) is 0 Å². The van der Waals surface area contributed by atoms with E-state index in [0.717, 1.165) is 13.0 Å². The van der Waals surface area contributed by atoms with Gasteiger partial charge in [-0.05, 0) is 12.5 Å². The molecule has 0 fully saturated rings. The molecule has 0 rings (SSSR count). The van der Waals surface area contributed by atoms with Crippen LogP contribution in [0.5, 0.6) is 0 Å². The van der Waals surface area contributed by atoms with Crippen LogP contribution in [0, 0.1) is 0 Å². The van der Waals surface area contributed by atoms with Crippen LogP contribution >= 0.6 is 11.1 Å². The summed E-state index contributed by atoms with van der Waals surface area (Å²) in [6.45, 7) is 5.05. The van der Waals surface area contributed by atoms with Crippen LogP contribution in [-0.4, -0.2) is 22.0 Å². The topological polar surface area (TPSA) is 9.23 Å². The van der Waals surface area contributed by atoms with Crippen LogP contribution in [0.15, 0.2) is 12.7 Å². The molecule has 0 aromatic carbocycles. The Morgan fingerprint density at radius 2 is 2.44 bits per heavy atom. The SMILES string of the molecule is C=CCOCCC[SiH2]Cl. The minimum absolute atomic E-state index is 0.254. The maximum Gasteiger partial charge on any atom is 0.125 e. The first kappa shape index (κ1) is 9.21. The lowest BCUT2D eigenvalue weighted by Gasteiger charge is -1.96. The van der Waals surface area contributed by atoms with Gasteiger partial charge in [-0.15, -0.1) is 6.58 Å². The van der Waals surface area contributed by atoms with E-state index in [-0.39, 0.29) is 8.83 Å². The molecular weight excluding hydrogens is 152 g/mol. The van der Waals surface area contributed by atoms with Crippen molar-refractivity contribution in [2.75, 3.05) is 13.2 Å². The average molecular weight is 165 g/mol. The fourth-order valence-electron chi connectivity index (χ4n) is 0.465. The number of ether oxygens (including phenoxy) is 1. The second-order valence-corrected chi connectivity index (χ2v) is 3.98. The number of rotatable bonds is 6. The molecule has 0 spiro atoms. The Labute approximate surface area is 63.6 Å². The maximum atomic E-state index is 5.58. The molecule has 0 unspecified atom stereocenters. The summed E-state index contributed by atoms with van der Waals surface area (Å²) < 4.78 is 5.13. The summed E-state index contributed by atoms with van der Waals surface area (Å²) in [5.41, 5.74) is 0. The third-order valence-corrected chi connectivity index (χ3v) is 2.48. The fourth-order valence-corrected chi connectivity index (χ4v) is 1.43. The summed E-state index contributed by atoms with van der Waals surface area (Å²) in [6.07, 6.45) is 2.88. The predicted molar refractivity (Wildman–Crippen MR) is 44.8 cm³/mol. The van der Waals surface area contributed by atoms with Gasteiger partial charge in [0.05, 0.1) is 6.61 Å². The lowest BCUT2D eigenvalue weighted by molar-refractivity contribution is 0.163. The minimum Gasteiger partial charge on any atom is -0.377 e. The van der Waals surface area contributed by atoms with E-state index in [1.165, 1.54) is 6.04 Å². The molecule has 0 aliphatic rings. The van der Waals surface area contributed by atoms with Crippen molar-refractivity contribution < 1.29 is 4.74 Å². The molecular formula is C6H13ClOSi. The van der Waals surface area contributed by atoms with Crippen LogP contribution in [0.3, 0.4) is 0 Å². The largest absolute Gasteiger partial charge is 0.377 e. The van der Waals surface area contributed by atoms with E-state index in [1.807, 2.05) is 0 Å². The van der Waals surface area contributed by atoms with Crippen LogP contribution in [0.2, 0.25) is 6.04 Å². The monoisotopic (exact) mass is 164 g/mol. The molecule has 0 aliphatic carbocycles. The molecule has 0 saturated heterocycles. The average Bonchev–Trinajstić information content (AvgIpc) is 1.89. The van der Waals surface area contributed by atoms with Crippen molar-refractivity contribution in [3.63, 3.8) is 0 Å². The molecule has 3 heteroatoms. The van der Waals surface area contributed by atoms with Gasteiger partial charge in [-0.3, -0.25) is 0 Å². The van der Waals surface area contributed by atoms with Crippen molar-refractivity contribution in [3.05, 3.63) is 12.7 Å². The van der Waals surface area contributed by atoms with Gasteiger partial charge in [-0.2, -0.15) is 11.1 Å². The molecule has 54 valence electrons. The number of hydrogen-bond acceptors (Lipinski definition) is 1. The van der Waals surface area contributed by atoms with E-state index >= 15 is 0 Å². The van der Waals surface area contributed by atoms with Gasteiger partial charge in [0.2, 0.25) is 0 Å². The third-order valence-electron chi connectivity index (χ3n) is 0.908. The van der Waals surface area contributed by atoms with Crippen LogP contribution in [0.25, 0.3) is 0 Å². The van der Waals surface area contributed by atoms with E-state index in [1.54, 1.807) is 6.08 Å². The van der Waals surface area contributed by atoms with E-state index in [9.17, 15) is 0 Å². The second kappa shape index (κ2) is 8.21. The third kappa shape index (κ3) is 8.21. The Balaban J connectivity index is 2.66. The summed E-state index contributed by atoms with van der Waals surface area (Å²) in [6, 6.07) is 1.18. The normalized spacial score (nSPS) is 10.8. The molecule has 1 nitrogen and oxygen atoms in total. The Morgan fingerprint density at radius 1 is 1.67 bits per heavy atom. The molecule has 0 bridgehead atoms. The zero-order valence-electron chi connectivity index (χ0n) is 5.61. The molecule has 0 radical (unpaired) electrons. The highest BCUT2D eigenvalue weighted by Crippen LogP contribution is 1.91. The molecule has 0 atom stereocenters. The zero-order chi connectivity index (χ0) is 6.95. The van der Waals surface area contributed by atoms with E-state index < -0.39 is 0 Å². The fraction of sp³-hybridized carbons (Fsp3) is 0.667. The first-order valence-electron chi connectivity index (χ1n) is 3.16. The quantitative estimate of drug-likeness (QED) is 0.249. The number of hydrogen-bond donors (Lipinski definition) is 0.